The maximum atomic E-state index is 13.7. The van der Waals surface area contributed by atoms with E-state index in [1.54, 1.807) is 0 Å². The Bertz CT molecular complexity index is 1570. The Hall–Kier alpha value is -4.49. The van der Waals surface area contributed by atoms with Crippen molar-refractivity contribution in [1.82, 2.24) is 19.4 Å². The Morgan fingerprint density at radius 2 is 1.73 bits per heavy atom. The van der Waals surface area contributed by atoms with Gasteiger partial charge in [0.1, 0.15) is 5.69 Å². The van der Waals surface area contributed by atoms with E-state index in [0.717, 1.165) is 10.9 Å². The zero-order chi connectivity index (χ0) is 29.9. The molecule has 0 fully saturated rings. The number of para-hydroxylation sites is 3. The Morgan fingerprint density at radius 3 is 2.41 bits per heavy atom. The molecule has 0 bridgehead atoms. The number of nitrogens with zero attached hydrogens (tertiary/aromatic N) is 6. The largest absolute Gasteiger partial charge is 0.544 e. The zero-order valence-corrected chi connectivity index (χ0v) is 22.9. The quantitative estimate of drug-likeness (QED) is 0.150. The number of nitrogens with one attached hydrogen (secondary N) is 1. The molecule has 41 heavy (non-hydrogen) atoms. The molecular formula is C28H29F4N7O2. The molecule has 0 atom stereocenters. The number of benzene rings is 2. The number of carbonyl (C=O) groups is 1. The number of anilines is 4. The number of amides is 1. The Labute approximate surface area is 234 Å². The number of aryl methyl sites for hydroxylation is 1. The summed E-state index contributed by atoms with van der Waals surface area (Å²) in [6.45, 7) is 4.21. The molecule has 2 aromatic carbocycles. The second-order valence-electron chi connectivity index (χ2n) is 9.51. The lowest BCUT2D eigenvalue weighted by molar-refractivity contribution is -0.325. The second-order valence-corrected chi connectivity index (χ2v) is 9.51. The van der Waals surface area contributed by atoms with Gasteiger partial charge in [0.25, 0.3) is 11.9 Å². The van der Waals surface area contributed by atoms with Crippen LogP contribution in [0, 0.1) is 0 Å². The van der Waals surface area contributed by atoms with Crippen LogP contribution in [0.4, 0.5) is 40.6 Å². The lowest BCUT2D eigenvalue weighted by Crippen LogP contribution is -2.31. The number of likely N-dealkylation sites (N-methyl/N-ethyl adjacent to an activating group) is 2. The van der Waals surface area contributed by atoms with Crippen molar-refractivity contribution in [3.8, 4) is 11.3 Å². The highest BCUT2D eigenvalue weighted by Crippen LogP contribution is 2.39. The third-order valence-electron chi connectivity index (χ3n) is 6.20. The highest BCUT2D eigenvalue weighted by atomic mass is 19.4. The topological polar surface area (TPSA) is 78.8 Å². The van der Waals surface area contributed by atoms with Crippen LogP contribution in [0.15, 0.2) is 73.3 Å². The molecular weight excluding hydrogens is 542 g/mol. The van der Waals surface area contributed by atoms with Gasteiger partial charge in [-0.15, -0.1) is 13.2 Å². The van der Waals surface area contributed by atoms with E-state index in [2.05, 4.69) is 26.7 Å². The minimum atomic E-state index is -5.16. The van der Waals surface area contributed by atoms with Crippen LogP contribution in [-0.2, 0) is 16.7 Å². The zero-order valence-electron chi connectivity index (χ0n) is 22.9. The number of hydrogen-bond donors (Lipinski definition) is 1. The number of rotatable bonds is 10. The third-order valence-corrected chi connectivity index (χ3v) is 6.20. The Balaban J connectivity index is 1.92. The molecule has 0 spiro atoms. The van der Waals surface area contributed by atoms with Crippen molar-refractivity contribution in [3.05, 3.63) is 73.3 Å². The van der Waals surface area contributed by atoms with E-state index in [9.17, 15) is 22.4 Å². The van der Waals surface area contributed by atoms with Crippen molar-refractivity contribution in [1.29, 1.82) is 0 Å². The van der Waals surface area contributed by atoms with Crippen LogP contribution >= 0.6 is 0 Å². The summed E-state index contributed by atoms with van der Waals surface area (Å²) in [5.41, 5.74) is 2.05. The summed E-state index contributed by atoms with van der Waals surface area (Å²) >= 11 is 0. The van der Waals surface area contributed by atoms with E-state index < -0.39 is 24.0 Å². The van der Waals surface area contributed by atoms with Crippen molar-refractivity contribution >= 4 is 39.8 Å². The minimum Gasteiger partial charge on any atom is -0.370 e. The van der Waals surface area contributed by atoms with Gasteiger partial charge in [0.05, 0.1) is 23.3 Å². The van der Waals surface area contributed by atoms with Gasteiger partial charge >= 0.3 is 6.36 Å². The van der Waals surface area contributed by atoms with Crippen LogP contribution in [0.1, 0.15) is 0 Å². The van der Waals surface area contributed by atoms with Gasteiger partial charge in [0.15, 0.2) is 5.83 Å². The fourth-order valence-corrected chi connectivity index (χ4v) is 4.19. The van der Waals surface area contributed by atoms with E-state index in [1.165, 1.54) is 30.5 Å². The molecule has 0 aliphatic carbocycles. The minimum absolute atomic E-state index is 0.178. The van der Waals surface area contributed by atoms with Gasteiger partial charge < -0.3 is 19.7 Å². The van der Waals surface area contributed by atoms with Crippen LogP contribution in [0.5, 0.6) is 0 Å². The van der Waals surface area contributed by atoms with Crippen LogP contribution in [-0.4, -0.2) is 65.9 Å². The number of hydrogen-bond acceptors (Lipinski definition) is 7. The van der Waals surface area contributed by atoms with Gasteiger partial charge in [0, 0.05) is 49.8 Å². The van der Waals surface area contributed by atoms with Crippen molar-refractivity contribution < 1.29 is 27.2 Å². The molecule has 4 aromatic rings. The van der Waals surface area contributed by atoms with Gasteiger partial charge in [-0.25, -0.2) is 14.4 Å². The second kappa shape index (κ2) is 11.9. The molecule has 216 valence electrons. The maximum Gasteiger partial charge on any atom is 0.544 e. The monoisotopic (exact) mass is 571 g/mol. The molecule has 1 amide bonds. The van der Waals surface area contributed by atoms with Gasteiger partial charge in [-0.2, -0.15) is 9.90 Å². The van der Waals surface area contributed by atoms with Gasteiger partial charge in [0.2, 0.25) is 0 Å². The molecule has 1 N–H and O–H groups in total. The van der Waals surface area contributed by atoms with E-state index in [1.807, 2.05) is 73.0 Å². The molecule has 0 aliphatic rings. The molecule has 0 saturated heterocycles. The fourth-order valence-electron chi connectivity index (χ4n) is 4.19. The van der Waals surface area contributed by atoms with Gasteiger partial charge in [-0.3, -0.25) is 4.79 Å². The fraction of sp³-hybridized carbons (Fsp3) is 0.250. The lowest BCUT2D eigenvalue weighted by atomic mass is 10.1. The SMILES string of the molecule is C=C(F)C(=O)Nc1ccccc1N(OC(F)(F)F)c1ncc(N(C)CCN(C)C)c(-c2cn(C)c3ccccc23)n1. The summed E-state index contributed by atoms with van der Waals surface area (Å²) in [5, 5.41) is 3.39. The van der Waals surface area contributed by atoms with Crippen molar-refractivity contribution in [3.63, 3.8) is 0 Å². The van der Waals surface area contributed by atoms with Gasteiger partial charge in [-0.1, -0.05) is 36.9 Å². The first-order valence-corrected chi connectivity index (χ1v) is 12.4. The van der Waals surface area contributed by atoms with Crippen molar-refractivity contribution in [2.75, 3.05) is 49.5 Å². The predicted octanol–water partition coefficient (Wildman–Crippen LogP) is 5.64. The van der Waals surface area contributed by atoms with Crippen LogP contribution in [0.25, 0.3) is 22.2 Å². The highest BCUT2D eigenvalue weighted by Gasteiger charge is 2.37. The van der Waals surface area contributed by atoms with Crippen molar-refractivity contribution in [2.45, 2.75) is 6.36 Å². The smallest absolute Gasteiger partial charge is 0.370 e. The molecule has 0 unspecified atom stereocenters. The number of carbonyl (C=O) groups excluding carboxylic acids is 1. The lowest BCUT2D eigenvalue weighted by Gasteiger charge is -2.27. The molecule has 4 rings (SSSR count). The molecule has 0 radical (unpaired) electrons. The molecule has 0 saturated carbocycles. The summed E-state index contributed by atoms with van der Waals surface area (Å²) in [4.78, 5) is 29.1. The summed E-state index contributed by atoms with van der Waals surface area (Å²) < 4.78 is 56.5. The third kappa shape index (κ3) is 6.81. The van der Waals surface area contributed by atoms with Crippen LogP contribution < -0.4 is 15.3 Å². The molecule has 2 aromatic heterocycles. The molecule has 2 heterocycles. The van der Waals surface area contributed by atoms with Crippen molar-refractivity contribution in [2.24, 2.45) is 7.05 Å². The summed E-state index contributed by atoms with van der Waals surface area (Å²) in [5.74, 6) is -3.00. The normalized spacial score (nSPS) is 11.6. The van der Waals surface area contributed by atoms with Crippen LogP contribution in [0.2, 0.25) is 0 Å². The summed E-state index contributed by atoms with van der Waals surface area (Å²) in [7, 11) is 7.56. The predicted molar refractivity (Wildman–Crippen MR) is 150 cm³/mol. The number of fused-ring (bicyclic) bond motifs is 1. The van der Waals surface area contributed by atoms with Crippen LogP contribution in [0.3, 0.4) is 0 Å². The highest BCUT2D eigenvalue weighted by molar-refractivity contribution is 6.04. The average Bonchev–Trinajstić information content (AvgIpc) is 3.26. The number of halogens is 4. The standard InChI is InChI=1S/C28H29F4N7O2/c1-18(29)26(40)34-21-11-7-9-13-23(21)39(41-28(30,31)32)27-33-16-24(37(4)15-14-36(2)3)25(35-27)20-17-38(5)22-12-8-6-10-19(20)22/h6-13,16-17H,1,14-15H2,2-5H3,(H,34,40). The first-order valence-electron chi connectivity index (χ1n) is 12.4. The van der Waals surface area contributed by atoms with E-state index in [0.29, 0.717) is 35.1 Å². The van der Waals surface area contributed by atoms with E-state index in [-0.39, 0.29) is 11.4 Å². The number of aromatic nitrogens is 3. The maximum absolute atomic E-state index is 13.7. The first-order chi connectivity index (χ1) is 19.4. The molecule has 9 nitrogen and oxygen atoms in total. The molecule has 13 heteroatoms. The summed E-state index contributed by atoms with van der Waals surface area (Å²) in [6.07, 6.45) is -1.90. The molecule has 0 aliphatic heterocycles. The van der Waals surface area contributed by atoms with E-state index in [4.69, 9.17) is 0 Å². The Kier molecular flexibility index (Phi) is 8.59. The average molecular weight is 572 g/mol. The summed E-state index contributed by atoms with van der Waals surface area (Å²) in [6, 6.07) is 13.0. The Morgan fingerprint density at radius 1 is 1.05 bits per heavy atom. The van der Waals surface area contributed by atoms with E-state index >= 15 is 0 Å². The number of alkyl halides is 3. The van der Waals surface area contributed by atoms with Gasteiger partial charge in [-0.05, 0) is 32.3 Å². The first kappa shape index (κ1) is 29.5.